The summed E-state index contributed by atoms with van der Waals surface area (Å²) < 4.78 is 5.31. The van der Waals surface area contributed by atoms with E-state index in [4.69, 9.17) is 16.3 Å². The topological polar surface area (TPSA) is 83.8 Å². The molecular formula is C20H34BrClO5. The molecule has 0 aliphatic heterocycles. The van der Waals surface area contributed by atoms with E-state index in [1.807, 2.05) is 19.9 Å². The largest absolute Gasteiger partial charge is 0.481 e. The molecule has 0 aromatic heterocycles. The molecule has 0 saturated heterocycles. The Morgan fingerprint density at radius 3 is 2.30 bits per heavy atom. The number of unbranched alkanes of at least 4 members (excludes halogenated alkanes) is 2. The maximum atomic E-state index is 11.6. The van der Waals surface area contributed by atoms with Crippen LogP contribution in [0.25, 0.3) is 0 Å². The van der Waals surface area contributed by atoms with Crippen molar-refractivity contribution in [2.75, 3.05) is 5.88 Å². The lowest BCUT2D eigenvalue weighted by atomic mass is 9.75. The van der Waals surface area contributed by atoms with Crippen molar-refractivity contribution in [2.24, 2.45) is 10.8 Å². The number of ether oxygens (including phenoxy) is 1. The Labute approximate surface area is 176 Å². The van der Waals surface area contributed by atoms with Gasteiger partial charge in [-0.15, -0.1) is 11.6 Å². The number of allylic oxidation sites excluding steroid dienone is 1. The monoisotopic (exact) mass is 468 g/mol. The van der Waals surface area contributed by atoms with E-state index >= 15 is 0 Å². The number of carboxylic acid groups (broad SMARTS) is 1. The van der Waals surface area contributed by atoms with Crippen molar-refractivity contribution < 1.29 is 24.5 Å². The van der Waals surface area contributed by atoms with Crippen molar-refractivity contribution in [3.05, 3.63) is 12.2 Å². The standard InChI is InChI=1S/C20H34BrClO5/c1-6-7-8-9-15(27-16(23)12-22)17(24)14(21)10-11-19(2,3)13-20(4,5)18(25)26/h10-11,14-15,17,24H,6-9,12-13H2,1-5H3,(H,25,26)/b11-10+. The molecule has 7 heteroatoms. The number of carbonyl (C=O) groups excluding carboxylic acids is 1. The smallest absolute Gasteiger partial charge is 0.321 e. The molecule has 0 fully saturated rings. The summed E-state index contributed by atoms with van der Waals surface area (Å²) in [5.74, 6) is -1.65. The minimum Gasteiger partial charge on any atom is -0.481 e. The second-order valence-electron chi connectivity index (χ2n) is 8.31. The normalized spacial score (nSPS) is 16.1. The van der Waals surface area contributed by atoms with Crippen LogP contribution in [0.15, 0.2) is 12.2 Å². The number of aliphatic hydroxyl groups is 1. The van der Waals surface area contributed by atoms with Gasteiger partial charge in [0.1, 0.15) is 18.1 Å². The lowest BCUT2D eigenvalue weighted by molar-refractivity contribution is -0.152. The van der Waals surface area contributed by atoms with Crippen LogP contribution in [0.4, 0.5) is 0 Å². The van der Waals surface area contributed by atoms with Gasteiger partial charge in [0.2, 0.25) is 0 Å². The summed E-state index contributed by atoms with van der Waals surface area (Å²) in [6.07, 6.45) is 5.99. The maximum absolute atomic E-state index is 11.6. The number of rotatable bonds is 13. The molecule has 0 bridgehead atoms. The number of aliphatic carboxylic acids is 1. The number of halogens is 2. The van der Waals surface area contributed by atoms with Crippen LogP contribution in [0.5, 0.6) is 0 Å². The molecule has 0 aliphatic carbocycles. The third kappa shape index (κ3) is 10.5. The van der Waals surface area contributed by atoms with Gasteiger partial charge in [-0.2, -0.15) is 0 Å². The van der Waals surface area contributed by atoms with Crippen LogP contribution in [-0.4, -0.2) is 45.1 Å². The molecule has 158 valence electrons. The minimum atomic E-state index is -0.923. The molecule has 3 atom stereocenters. The Kier molecular flexibility index (Phi) is 11.8. The van der Waals surface area contributed by atoms with Crippen molar-refractivity contribution in [3.8, 4) is 0 Å². The average molecular weight is 470 g/mol. The molecule has 5 nitrogen and oxygen atoms in total. The molecular weight excluding hydrogens is 436 g/mol. The van der Waals surface area contributed by atoms with Gasteiger partial charge in [0.05, 0.1) is 10.2 Å². The van der Waals surface area contributed by atoms with Crippen LogP contribution in [0, 0.1) is 10.8 Å². The van der Waals surface area contributed by atoms with E-state index in [-0.39, 0.29) is 11.3 Å². The van der Waals surface area contributed by atoms with E-state index in [1.165, 1.54) is 0 Å². The van der Waals surface area contributed by atoms with E-state index in [2.05, 4.69) is 22.9 Å². The zero-order valence-electron chi connectivity index (χ0n) is 17.0. The fourth-order valence-electron chi connectivity index (χ4n) is 3.04. The number of carboxylic acids is 1. The predicted octanol–water partition coefficient (Wildman–Crippen LogP) is 4.93. The van der Waals surface area contributed by atoms with Gasteiger partial charge in [-0.05, 0) is 38.5 Å². The van der Waals surface area contributed by atoms with Gasteiger partial charge < -0.3 is 14.9 Å². The lowest BCUT2D eigenvalue weighted by Gasteiger charge is -2.30. The predicted molar refractivity (Wildman–Crippen MR) is 112 cm³/mol. The third-order valence-corrected chi connectivity index (χ3v) is 5.46. The fourth-order valence-corrected chi connectivity index (χ4v) is 3.60. The van der Waals surface area contributed by atoms with Gasteiger partial charge in [-0.25, -0.2) is 0 Å². The number of hydrogen-bond acceptors (Lipinski definition) is 4. The molecule has 0 aromatic carbocycles. The second-order valence-corrected chi connectivity index (χ2v) is 9.63. The van der Waals surface area contributed by atoms with Crippen molar-refractivity contribution in [1.82, 2.24) is 0 Å². The zero-order valence-corrected chi connectivity index (χ0v) is 19.3. The van der Waals surface area contributed by atoms with Gasteiger partial charge in [0, 0.05) is 0 Å². The lowest BCUT2D eigenvalue weighted by Crippen LogP contribution is -2.37. The first kappa shape index (κ1) is 26.4. The van der Waals surface area contributed by atoms with Crippen LogP contribution in [-0.2, 0) is 14.3 Å². The molecule has 0 aromatic rings. The molecule has 0 rings (SSSR count). The van der Waals surface area contributed by atoms with E-state index < -0.39 is 34.4 Å². The van der Waals surface area contributed by atoms with Crippen LogP contribution in [0.3, 0.4) is 0 Å². The highest BCUT2D eigenvalue weighted by atomic mass is 79.9. The summed E-state index contributed by atoms with van der Waals surface area (Å²) in [5.41, 5.74) is -1.23. The summed E-state index contributed by atoms with van der Waals surface area (Å²) in [7, 11) is 0. The number of aliphatic hydroxyl groups excluding tert-OH is 1. The number of carbonyl (C=O) groups is 2. The average Bonchev–Trinajstić information content (AvgIpc) is 2.57. The Morgan fingerprint density at radius 2 is 1.81 bits per heavy atom. The first-order chi connectivity index (χ1) is 12.4. The molecule has 0 amide bonds. The Hall–Kier alpha value is -0.590. The molecule has 0 saturated carbocycles. The van der Waals surface area contributed by atoms with Gasteiger partial charge >= 0.3 is 11.9 Å². The molecule has 0 aliphatic rings. The first-order valence-electron chi connectivity index (χ1n) is 9.36. The van der Waals surface area contributed by atoms with E-state index in [9.17, 15) is 19.8 Å². The Balaban J connectivity index is 5.06. The molecule has 2 N–H and O–H groups in total. The van der Waals surface area contributed by atoms with Crippen molar-refractivity contribution >= 4 is 39.5 Å². The molecule has 27 heavy (non-hydrogen) atoms. The van der Waals surface area contributed by atoms with Crippen molar-refractivity contribution in [2.45, 2.75) is 83.8 Å². The number of hydrogen-bond donors (Lipinski definition) is 2. The summed E-state index contributed by atoms with van der Waals surface area (Å²) in [4.78, 5) is 22.5. The highest BCUT2D eigenvalue weighted by Gasteiger charge is 2.34. The number of esters is 1. The molecule has 0 spiro atoms. The molecule has 0 radical (unpaired) electrons. The summed E-state index contributed by atoms with van der Waals surface area (Å²) in [5, 5.41) is 19.9. The number of alkyl halides is 2. The SMILES string of the molecule is CCCCCC(OC(=O)CCl)C(O)C(Br)/C=C/C(C)(C)CC(C)(C)C(=O)O. The quantitative estimate of drug-likeness (QED) is 0.173. The molecule has 3 unspecified atom stereocenters. The summed E-state index contributed by atoms with van der Waals surface area (Å²) >= 11 is 8.97. The van der Waals surface area contributed by atoms with Crippen LogP contribution >= 0.6 is 27.5 Å². The maximum Gasteiger partial charge on any atom is 0.321 e. The third-order valence-electron chi connectivity index (χ3n) is 4.40. The van der Waals surface area contributed by atoms with Crippen molar-refractivity contribution in [1.29, 1.82) is 0 Å². The van der Waals surface area contributed by atoms with Crippen molar-refractivity contribution in [3.63, 3.8) is 0 Å². The Bertz CT molecular complexity index is 505. The second kappa shape index (κ2) is 12.1. The minimum absolute atomic E-state index is 0.253. The van der Waals surface area contributed by atoms with Gasteiger partial charge in [-0.1, -0.05) is 61.7 Å². The Morgan fingerprint density at radius 1 is 1.22 bits per heavy atom. The van der Waals surface area contributed by atoms with E-state index in [0.717, 1.165) is 19.3 Å². The van der Waals surface area contributed by atoms with Crippen LogP contribution in [0.1, 0.15) is 66.7 Å². The van der Waals surface area contributed by atoms with Gasteiger partial charge in [0.25, 0.3) is 0 Å². The van der Waals surface area contributed by atoms with Gasteiger partial charge in [0.15, 0.2) is 0 Å². The summed E-state index contributed by atoms with van der Waals surface area (Å²) in [6, 6.07) is 0. The fraction of sp³-hybridized carbons (Fsp3) is 0.800. The summed E-state index contributed by atoms with van der Waals surface area (Å²) in [6.45, 7) is 9.37. The van der Waals surface area contributed by atoms with Gasteiger partial charge in [-0.3, -0.25) is 9.59 Å². The van der Waals surface area contributed by atoms with E-state index in [0.29, 0.717) is 12.8 Å². The highest BCUT2D eigenvalue weighted by Crippen LogP contribution is 2.35. The zero-order chi connectivity index (χ0) is 21.3. The highest BCUT2D eigenvalue weighted by molar-refractivity contribution is 9.09. The van der Waals surface area contributed by atoms with Crippen LogP contribution in [0.2, 0.25) is 0 Å². The van der Waals surface area contributed by atoms with Crippen LogP contribution < -0.4 is 0 Å². The first-order valence-corrected chi connectivity index (χ1v) is 10.8. The molecule has 0 heterocycles. The van der Waals surface area contributed by atoms with E-state index in [1.54, 1.807) is 19.9 Å².